The maximum Gasteiger partial charge on any atom is 0.315 e. The molecule has 0 aliphatic carbocycles. The van der Waals surface area contributed by atoms with Gasteiger partial charge in [-0.3, -0.25) is 0 Å². The van der Waals surface area contributed by atoms with Gasteiger partial charge in [-0.2, -0.15) is 0 Å². The molecule has 1 aliphatic rings. The van der Waals surface area contributed by atoms with Crippen molar-refractivity contribution in [3.8, 4) is 0 Å². The van der Waals surface area contributed by atoms with E-state index in [2.05, 4.69) is 67.6 Å². The Morgan fingerprint density at radius 2 is 1.88 bits per heavy atom. The molecule has 140 valence electrons. The van der Waals surface area contributed by atoms with Gasteiger partial charge in [-0.05, 0) is 57.3 Å². The van der Waals surface area contributed by atoms with E-state index < -0.39 is 0 Å². The molecule has 0 aromatic heterocycles. The number of carbonyl (C=O) groups is 1. The molecule has 0 radical (unpaired) electrons. The van der Waals surface area contributed by atoms with E-state index in [1.807, 2.05) is 0 Å². The van der Waals surface area contributed by atoms with Crippen LogP contribution in [0.15, 0.2) is 24.3 Å². The number of carbonyl (C=O) groups excluding carboxylic acids is 1. The fourth-order valence-corrected chi connectivity index (χ4v) is 3.45. The highest BCUT2D eigenvalue weighted by Crippen LogP contribution is 2.23. The molecule has 1 aromatic rings. The zero-order valence-electron chi connectivity index (χ0n) is 16.0. The maximum atomic E-state index is 12.1. The van der Waals surface area contributed by atoms with Crippen molar-refractivity contribution in [2.24, 2.45) is 5.92 Å². The van der Waals surface area contributed by atoms with Gasteiger partial charge in [0, 0.05) is 19.6 Å². The van der Waals surface area contributed by atoms with Crippen molar-refractivity contribution in [2.45, 2.75) is 58.9 Å². The van der Waals surface area contributed by atoms with E-state index in [1.54, 1.807) is 0 Å². The largest absolute Gasteiger partial charge is 0.376 e. The van der Waals surface area contributed by atoms with Gasteiger partial charge in [0.25, 0.3) is 0 Å². The van der Waals surface area contributed by atoms with Crippen molar-refractivity contribution in [3.63, 3.8) is 0 Å². The van der Waals surface area contributed by atoms with Crippen LogP contribution in [0.4, 0.5) is 4.79 Å². The predicted octanol–water partition coefficient (Wildman–Crippen LogP) is 3.14. The van der Waals surface area contributed by atoms with Crippen LogP contribution >= 0.6 is 0 Å². The van der Waals surface area contributed by atoms with Gasteiger partial charge >= 0.3 is 6.03 Å². The van der Waals surface area contributed by atoms with Gasteiger partial charge in [-0.25, -0.2) is 4.79 Å². The number of urea groups is 1. The lowest BCUT2D eigenvalue weighted by atomic mass is 9.92. The fraction of sp³-hybridized carbons (Fsp3) is 0.650. The van der Waals surface area contributed by atoms with Gasteiger partial charge in [0.05, 0.1) is 12.2 Å². The molecule has 2 amide bonds. The monoisotopic (exact) mass is 347 g/mol. The summed E-state index contributed by atoms with van der Waals surface area (Å²) >= 11 is 0. The molecular weight excluding hydrogens is 314 g/mol. The third kappa shape index (κ3) is 7.04. The number of amides is 2. The molecule has 1 heterocycles. The quantitative estimate of drug-likeness (QED) is 0.797. The Morgan fingerprint density at radius 3 is 2.56 bits per heavy atom. The van der Waals surface area contributed by atoms with Crippen LogP contribution in [0.2, 0.25) is 0 Å². The summed E-state index contributed by atoms with van der Waals surface area (Å²) in [6, 6.07) is 8.30. The lowest BCUT2D eigenvalue weighted by molar-refractivity contribution is -0.0511. The Hall–Kier alpha value is -1.59. The minimum atomic E-state index is -0.0946. The van der Waals surface area contributed by atoms with Crippen LogP contribution in [0, 0.1) is 5.92 Å². The Labute approximate surface area is 152 Å². The first-order chi connectivity index (χ1) is 12.0. The summed E-state index contributed by atoms with van der Waals surface area (Å²) in [5.74, 6) is 0.498. The van der Waals surface area contributed by atoms with Crippen LogP contribution in [0.25, 0.3) is 0 Å². The molecule has 0 spiro atoms. The summed E-state index contributed by atoms with van der Waals surface area (Å²) < 4.78 is 5.74. The van der Waals surface area contributed by atoms with Crippen LogP contribution in [0.3, 0.4) is 0 Å². The summed E-state index contributed by atoms with van der Waals surface area (Å²) in [5.41, 5.74) is 2.40. The third-order valence-corrected chi connectivity index (χ3v) is 4.78. The second-order valence-corrected chi connectivity index (χ2v) is 7.31. The van der Waals surface area contributed by atoms with Crippen molar-refractivity contribution >= 4 is 6.03 Å². The lowest BCUT2D eigenvalue weighted by Gasteiger charge is -2.32. The van der Waals surface area contributed by atoms with Crippen molar-refractivity contribution in [1.82, 2.24) is 15.5 Å². The smallest absolute Gasteiger partial charge is 0.315 e. The Bertz CT molecular complexity index is 539. The number of hydrogen-bond acceptors (Lipinski definition) is 3. The molecule has 25 heavy (non-hydrogen) atoms. The molecule has 1 saturated heterocycles. The van der Waals surface area contributed by atoms with E-state index in [9.17, 15) is 4.79 Å². The number of rotatable bonds is 7. The minimum Gasteiger partial charge on any atom is -0.376 e. The Kier molecular flexibility index (Phi) is 7.72. The normalized spacial score (nSPS) is 23.5. The fourth-order valence-electron chi connectivity index (χ4n) is 3.45. The van der Waals surface area contributed by atoms with E-state index in [4.69, 9.17) is 4.74 Å². The highest BCUT2D eigenvalue weighted by Gasteiger charge is 2.24. The molecule has 2 N–H and O–H groups in total. The molecule has 0 saturated carbocycles. The average molecular weight is 348 g/mol. The first kappa shape index (κ1) is 19.7. The van der Waals surface area contributed by atoms with Crippen LogP contribution in [0.1, 0.15) is 44.7 Å². The number of nitrogens with one attached hydrogen (secondary N) is 2. The van der Waals surface area contributed by atoms with Crippen LogP contribution in [-0.4, -0.2) is 43.3 Å². The first-order valence-electron chi connectivity index (χ1n) is 9.39. The average Bonchev–Trinajstić information content (AvgIpc) is 2.57. The minimum absolute atomic E-state index is 0.0946. The van der Waals surface area contributed by atoms with E-state index in [1.165, 1.54) is 5.56 Å². The van der Waals surface area contributed by atoms with Crippen LogP contribution in [0.5, 0.6) is 0 Å². The Morgan fingerprint density at radius 1 is 1.20 bits per heavy atom. The summed E-state index contributed by atoms with van der Waals surface area (Å²) in [7, 11) is 2.11. The number of nitrogens with zero attached hydrogens (tertiary/aromatic N) is 1. The van der Waals surface area contributed by atoms with Gasteiger partial charge < -0.3 is 20.3 Å². The molecule has 1 fully saturated rings. The van der Waals surface area contributed by atoms with Gasteiger partial charge in [-0.15, -0.1) is 0 Å². The van der Waals surface area contributed by atoms with E-state index in [-0.39, 0.29) is 18.2 Å². The predicted molar refractivity (Wildman–Crippen MR) is 101 cm³/mol. The number of hydrogen-bond donors (Lipinski definition) is 2. The van der Waals surface area contributed by atoms with Crippen molar-refractivity contribution in [1.29, 1.82) is 0 Å². The van der Waals surface area contributed by atoms with Crippen molar-refractivity contribution < 1.29 is 9.53 Å². The molecule has 2 rings (SSSR count). The molecule has 1 aromatic carbocycles. The van der Waals surface area contributed by atoms with Gasteiger partial charge in [0.1, 0.15) is 0 Å². The molecule has 0 unspecified atom stereocenters. The molecular formula is C20H33N3O2. The van der Waals surface area contributed by atoms with Crippen molar-refractivity contribution in [2.75, 3.05) is 20.1 Å². The topological polar surface area (TPSA) is 53.6 Å². The summed E-state index contributed by atoms with van der Waals surface area (Å²) in [6.07, 6.45) is 2.58. The molecule has 2 atom stereocenters. The summed E-state index contributed by atoms with van der Waals surface area (Å²) in [5, 5.41) is 5.97. The van der Waals surface area contributed by atoms with Gasteiger partial charge in [0.2, 0.25) is 0 Å². The van der Waals surface area contributed by atoms with Gasteiger partial charge in [-0.1, -0.05) is 31.2 Å². The zero-order valence-corrected chi connectivity index (χ0v) is 16.0. The van der Waals surface area contributed by atoms with Crippen molar-refractivity contribution in [3.05, 3.63) is 35.4 Å². The Balaban J connectivity index is 1.73. The van der Waals surface area contributed by atoms with Crippen LogP contribution < -0.4 is 10.6 Å². The highest BCUT2D eigenvalue weighted by atomic mass is 16.5. The zero-order chi connectivity index (χ0) is 18.2. The van der Waals surface area contributed by atoms with Crippen LogP contribution in [-0.2, 0) is 17.8 Å². The second-order valence-electron chi connectivity index (χ2n) is 7.31. The third-order valence-electron chi connectivity index (χ3n) is 4.78. The molecule has 0 bridgehead atoms. The lowest BCUT2D eigenvalue weighted by Crippen LogP contribution is -2.41. The number of ether oxygens (including phenoxy) is 1. The molecule has 1 aliphatic heterocycles. The van der Waals surface area contributed by atoms with Gasteiger partial charge in [0.15, 0.2) is 0 Å². The first-order valence-corrected chi connectivity index (χ1v) is 9.39. The molecule has 5 nitrogen and oxygen atoms in total. The standard InChI is InChI=1S/C20H33N3O2/c1-5-23(4)14-18-8-6-7-17(11-18)12-21-20(24)22-13-19-9-15(2)25-16(3)10-19/h6-8,11,15-16,19H,5,9-10,12-14H2,1-4H3,(H2,21,22,24)/t15-,16-/m1/s1. The maximum absolute atomic E-state index is 12.1. The second kappa shape index (κ2) is 9.78. The summed E-state index contributed by atoms with van der Waals surface area (Å²) in [6.45, 7) is 9.57. The molecule has 5 heteroatoms. The van der Waals surface area contributed by atoms with E-state index >= 15 is 0 Å². The highest BCUT2D eigenvalue weighted by molar-refractivity contribution is 5.73. The van der Waals surface area contributed by atoms with E-state index in [0.717, 1.165) is 31.5 Å². The SMILES string of the molecule is CCN(C)Cc1cccc(CNC(=O)NCC2C[C@@H](C)O[C@H](C)C2)c1. The number of benzene rings is 1. The summed E-state index contributed by atoms with van der Waals surface area (Å²) in [4.78, 5) is 14.3. The van der Waals surface area contributed by atoms with E-state index in [0.29, 0.717) is 19.0 Å².